The van der Waals surface area contributed by atoms with Gasteiger partial charge in [0.2, 0.25) is 0 Å². The van der Waals surface area contributed by atoms with Gasteiger partial charge in [-0.1, -0.05) is 36.4 Å². The van der Waals surface area contributed by atoms with Crippen LogP contribution in [0.2, 0.25) is 0 Å². The van der Waals surface area contributed by atoms with Crippen LogP contribution in [0, 0.1) is 0 Å². The van der Waals surface area contributed by atoms with E-state index in [0.29, 0.717) is 23.5 Å². The van der Waals surface area contributed by atoms with Gasteiger partial charge in [-0.15, -0.1) is 0 Å². The lowest BCUT2D eigenvalue weighted by atomic mass is 10.1. The van der Waals surface area contributed by atoms with Gasteiger partial charge in [-0.05, 0) is 23.8 Å². The zero-order valence-electron chi connectivity index (χ0n) is 13.0. The van der Waals surface area contributed by atoms with Crippen molar-refractivity contribution in [2.75, 3.05) is 0 Å². The highest BCUT2D eigenvalue weighted by atomic mass is 19.4. The molecule has 0 saturated carbocycles. The Balaban J connectivity index is 2.00. The van der Waals surface area contributed by atoms with Gasteiger partial charge in [-0.25, -0.2) is 0 Å². The Morgan fingerprint density at radius 1 is 1.00 bits per heavy atom. The number of hydrogen-bond acceptors (Lipinski definition) is 2. The molecule has 2 aromatic carbocycles. The minimum absolute atomic E-state index is 0.456. The molecule has 0 fully saturated rings. The number of rotatable bonds is 3. The summed E-state index contributed by atoms with van der Waals surface area (Å²) in [4.78, 5) is 0. The van der Waals surface area contributed by atoms with Crippen molar-refractivity contribution in [3.05, 3.63) is 65.7 Å². The maximum atomic E-state index is 12.9. The molecule has 24 heavy (non-hydrogen) atoms. The van der Waals surface area contributed by atoms with Gasteiger partial charge in [-0.2, -0.15) is 18.3 Å². The molecule has 1 heterocycles. The molecule has 0 aliphatic rings. The standard InChI is InChI=1S/C18H16F3N3/c1-24-17(14-3-2-4-15(9-14)18(19,20)21)10-16(23-24)13-7-5-12(11-22)6-8-13/h2-10H,11,22H2,1H3. The van der Waals surface area contributed by atoms with Gasteiger partial charge in [0.05, 0.1) is 17.0 Å². The van der Waals surface area contributed by atoms with E-state index in [4.69, 9.17) is 5.73 Å². The molecule has 0 amide bonds. The predicted molar refractivity (Wildman–Crippen MR) is 87.0 cm³/mol. The van der Waals surface area contributed by atoms with Crippen molar-refractivity contribution in [1.29, 1.82) is 0 Å². The van der Waals surface area contributed by atoms with Crippen LogP contribution in [0.1, 0.15) is 11.1 Å². The van der Waals surface area contributed by atoms with Crippen molar-refractivity contribution in [1.82, 2.24) is 9.78 Å². The molecule has 0 aliphatic carbocycles. The first-order valence-electron chi connectivity index (χ1n) is 7.39. The summed E-state index contributed by atoms with van der Waals surface area (Å²) in [7, 11) is 1.72. The number of nitrogens with zero attached hydrogens (tertiary/aromatic N) is 2. The van der Waals surface area contributed by atoms with E-state index in [1.807, 2.05) is 24.3 Å². The molecular weight excluding hydrogens is 315 g/mol. The van der Waals surface area contributed by atoms with Crippen molar-refractivity contribution in [3.8, 4) is 22.5 Å². The Labute approximate surface area is 137 Å². The third kappa shape index (κ3) is 3.19. The summed E-state index contributed by atoms with van der Waals surface area (Å²) in [5.41, 5.74) is 8.61. The Kier molecular flexibility index (Phi) is 4.15. The first kappa shape index (κ1) is 16.3. The van der Waals surface area contributed by atoms with Crippen LogP contribution in [-0.4, -0.2) is 9.78 Å². The Bertz CT molecular complexity index is 849. The lowest BCUT2D eigenvalue weighted by Crippen LogP contribution is -2.05. The molecule has 3 rings (SSSR count). The molecule has 3 aromatic rings. The number of benzene rings is 2. The fraction of sp³-hybridized carbons (Fsp3) is 0.167. The van der Waals surface area contributed by atoms with Gasteiger partial charge >= 0.3 is 6.18 Å². The van der Waals surface area contributed by atoms with Gasteiger partial charge in [0.1, 0.15) is 0 Å². The third-order valence-electron chi connectivity index (χ3n) is 3.85. The number of aryl methyl sites for hydroxylation is 1. The molecule has 124 valence electrons. The normalized spacial score (nSPS) is 11.7. The largest absolute Gasteiger partial charge is 0.416 e. The van der Waals surface area contributed by atoms with Crippen molar-refractivity contribution in [2.45, 2.75) is 12.7 Å². The fourth-order valence-electron chi connectivity index (χ4n) is 2.54. The first-order valence-corrected chi connectivity index (χ1v) is 7.39. The zero-order chi connectivity index (χ0) is 17.3. The SMILES string of the molecule is Cn1nc(-c2ccc(CN)cc2)cc1-c1cccc(C(F)(F)F)c1. The fourth-order valence-corrected chi connectivity index (χ4v) is 2.54. The molecule has 6 heteroatoms. The number of alkyl halides is 3. The van der Waals surface area contributed by atoms with Crippen LogP contribution in [0.3, 0.4) is 0 Å². The summed E-state index contributed by atoms with van der Waals surface area (Å²) in [6, 6.07) is 14.7. The second kappa shape index (κ2) is 6.13. The summed E-state index contributed by atoms with van der Waals surface area (Å²) in [6.45, 7) is 0.456. The molecule has 0 aliphatic heterocycles. The topological polar surface area (TPSA) is 43.8 Å². The summed E-state index contributed by atoms with van der Waals surface area (Å²) in [6.07, 6.45) is -4.37. The number of halogens is 3. The van der Waals surface area contributed by atoms with Gasteiger partial charge in [0.15, 0.2) is 0 Å². The van der Waals surface area contributed by atoms with Gasteiger partial charge < -0.3 is 5.73 Å². The molecule has 1 aromatic heterocycles. The Morgan fingerprint density at radius 3 is 2.33 bits per heavy atom. The van der Waals surface area contributed by atoms with Crippen LogP contribution in [0.25, 0.3) is 22.5 Å². The summed E-state index contributed by atoms with van der Waals surface area (Å²) >= 11 is 0. The van der Waals surface area contributed by atoms with Crippen LogP contribution in [0.15, 0.2) is 54.6 Å². The lowest BCUT2D eigenvalue weighted by Gasteiger charge is -2.08. The average molecular weight is 331 g/mol. The van der Waals surface area contributed by atoms with E-state index in [0.717, 1.165) is 23.3 Å². The lowest BCUT2D eigenvalue weighted by molar-refractivity contribution is -0.137. The first-order chi connectivity index (χ1) is 11.4. The smallest absolute Gasteiger partial charge is 0.326 e. The Morgan fingerprint density at radius 2 is 1.71 bits per heavy atom. The third-order valence-corrected chi connectivity index (χ3v) is 3.85. The maximum absolute atomic E-state index is 12.9. The van der Waals surface area contributed by atoms with Crippen molar-refractivity contribution in [2.24, 2.45) is 12.8 Å². The zero-order valence-corrected chi connectivity index (χ0v) is 13.0. The van der Waals surface area contributed by atoms with Crippen LogP contribution < -0.4 is 5.73 Å². The van der Waals surface area contributed by atoms with Gasteiger partial charge in [0, 0.05) is 24.7 Å². The van der Waals surface area contributed by atoms with Crippen LogP contribution in [0.5, 0.6) is 0 Å². The molecule has 0 unspecified atom stereocenters. The van der Waals surface area contributed by atoms with E-state index in [-0.39, 0.29) is 0 Å². The summed E-state index contributed by atoms with van der Waals surface area (Å²) in [5.74, 6) is 0. The van der Waals surface area contributed by atoms with Crippen molar-refractivity contribution in [3.63, 3.8) is 0 Å². The quantitative estimate of drug-likeness (QED) is 0.780. The van der Waals surface area contributed by atoms with E-state index in [9.17, 15) is 13.2 Å². The second-order valence-corrected chi connectivity index (χ2v) is 5.52. The molecule has 3 nitrogen and oxygen atoms in total. The second-order valence-electron chi connectivity index (χ2n) is 5.52. The molecular formula is C18H16F3N3. The van der Waals surface area contributed by atoms with E-state index in [2.05, 4.69) is 5.10 Å². The van der Waals surface area contributed by atoms with E-state index >= 15 is 0 Å². The molecule has 0 saturated heterocycles. The minimum atomic E-state index is -4.37. The van der Waals surface area contributed by atoms with Crippen molar-refractivity contribution < 1.29 is 13.2 Å². The van der Waals surface area contributed by atoms with Gasteiger partial charge in [0.25, 0.3) is 0 Å². The van der Waals surface area contributed by atoms with E-state index < -0.39 is 11.7 Å². The average Bonchev–Trinajstić information content (AvgIpc) is 2.96. The molecule has 0 atom stereocenters. The minimum Gasteiger partial charge on any atom is -0.326 e. The van der Waals surface area contributed by atoms with E-state index in [1.54, 1.807) is 23.9 Å². The summed E-state index contributed by atoms with van der Waals surface area (Å²) < 4.78 is 40.3. The monoisotopic (exact) mass is 331 g/mol. The highest BCUT2D eigenvalue weighted by Gasteiger charge is 2.30. The molecule has 0 spiro atoms. The highest BCUT2D eigenvalue weighted by molar-refractivity contribution is 5.69. The Hall–Kier alpha value is -2.60. The van der Waals surface area contributed by atoms with Crippen LogP contribution in [-0.2, 0) is 19.8 Å². The number of nitrogens with two attached hydrogens (primary N) is 1. The van der Waals surface area contributed by atoms with Crippen LogP contribution in [0.4, 0.5) is 13.2 Å². The summed E-state index contributed by atoms with van der Waals surface area (Å²) in [5, 5.41) is 4.41. The maximum Gasteiger partial charge on any atom is 0.416 e. The van der Waals surface area contributed by atoms with Gasteiger partial charge in [-0.3, -0.25) is 4.68 Å². The molecule has 0 bridgehead atoms. The predicted octanol–water partition coefficient (Wildman–Crippen LogP) is 4.23. The number of hydrogen-bond donors (Lipinski definition) is 1. The van der Waals surface area contributed by atoms with Crippen LogP contribution >= 0.6 is 0 Å². The highest BCUT2D eigenvalue weighted by Crippen LogP contribution is 2.33. The molecule has 0 radical (unpaired) electrons. The number of aromatic nitrogens is 2. The van der Waals surface area contributed by atoms with E-state index in [1.165, 1.54) is 6.07 Å². The molecule has 2 N–H and O–H groups in total. The van der Waals surface area contributed by atoms with Crippen molar-refractivity contribution >= 4 is 0 Å².